The van der Waals surface area contributed by atoms with Gasteiger partial charge in [-0.1, -0.05) is 35.0 Å². The smallest absolute Gasteiger partial charge is 0.207 e. The van der Waals surface area contributed by atoms with E-state index in [2.05, 4.69) is 20.7 Å². The standard InChI is InChI=1S/C11H15BrFNO2S/c1-3-11(2,8-12)14-17(15,16)10-7-5-4-6-9(10)13/h4-7,14H,3,8H2,1-2H3. The molecule has 3 nitrogen and oxygen atoms in total. The van der Waals surface area contributed by atoms with Crippen molar-refractivity contribution in [2.75, 3.05) is 5.33 Å². The van der Waals surface area contributed by atoms with Gasteiger partial charge in [-0.2, -0.15) is 0 Å². The van der Waals surface area contributed by atoms with Crippen LogP contribution in [0.25, 0.3) is 0 Å². The molecule has 0 saturated heterocycles. The van der Waals surface area contributed by atoms with Crippen molar-refractivity contribution in [3.05, 3.63) is 30.1 Å². The summed E-state index contributed by atoms with van der Waals surface area (Å²) in [7, 11) is -3.83. The minimum Gasteiger partial charge on any atom is -0.207 e. The SMILES string of the molecule is CCC(C)(CBr)NS(=O)(=O)c1ccccc1F. The summed E-state index contributed by atoms with van der Waals surface area (Å²) in [5, 5.41) is 0.462. The van der Waals surface area contributed by atoms with Gasteiger partial charge in [0.15, 0.2) is 0 Å². The van der Waals surface area contributed by atoms with Gasteiger partial charge in [0.05, 0.1) is 0 Å². The second-order valence-corrected chi connectivity index (χ2v) is 6.30. The molecule has 0 fully saturated rings. The minimum atomic E-state index is -3.83. The van der Waals surface area contributed by atoms with Gasteiger partial charge in [0.25, 0.3) is 0 Å². The van der Waals surface area contributed by atoms with E-state index >= 15 is 0 Å². The Morgan fingerprint density at radius 2 is 2.00 bits per heavy atom. The van der Waals surface area contributed by atoms with Gasteiger partial charge in [-0.05, 0) is 25.5 Å². The molecule has 1 aromatic rings. The summed E-state index contributed by atoms with van der Waals surface area (Å²) < 4.78 is 40.0. The maximum absolute atomic E-state index is 13.4. The number of benzene rings is 1. The largest absolute Gasteiger partial charge is 0.244 e. The van der Waals surface area contributed by atoms with Crippen molar-refractivity contribution in [2.24, 2.45) is 0 Å². The highest BCUT2D eigenvalue weighted by molar-refractivity contribution is 9.09. The van der Waals surface area contributed by atoms with E-state index in [4.69, 9.17) is 0 Å². The Morgan fingerprint density at radius 1 is 1.41 bits per heavy atom. The van der Waals surface area contributed by atoms with Gasteiger partial charge in [0.2, 0.25) is 10.0 Å². The average Bonchev–Trinajstić information content (AvgIpc) is 2.28. The third-order valence-electron chi connectivity index (χ3n) is 2.58. The lowest BCUT2D eigenvalue weighted by molar-refractivity contribution is 0.447. The molecular weight excluding hydrogens is 309 g/mol. The molecular formula is C11H15BrFNO2S. The average molecular weight is 324 g/mol. The van der Waals surface area contributed by atoms with Crippen molar-refractivity contribution in [3.63, 3.8) is 0 Å². The predicted molar refractivity (Wildman–Crippen MR) is 69.2 cm³/mol. The van der Waals surface area contributed by atoms with Crippen molar-refractivity contribution in [2.45, 2.75) is 30.7 Å². The van der Waals surface area contributed by atoms with Crippen LogP contribution >= 0.6 is 15.9 Å². The highest BCUT2D eigenvalue weighted by Crippen LogP contribution is 2.19. The number of halogens is 2. The quantitative estimate of drug-likeness (QED) is 0.847. The number of alkyl halides is 1. The van der Waals surface area contributed by atoms with Crippen LogP contribution in [0.5, 0.6) is 0 Å². The summed E-state index contributed by atoms with van der Waals surface area (Å²) in [5.41, 5.74) is -0.624. The summed E-state index contributed by atoms with van der Waals surface area (Å²) in [6.07, 6.45) is 0.603. The van der Waals surface area contributed by atoms with Gasteiger partial charge in [-0.3, -0.25) is 0 Å². The third-order valence-corrected chi connectivity index (χ3v) is 5.49. The molecule has 96 valence electrons. The zero-order chi connectivity index (χ0) is 13.1. The molecule has 17 heavy (non-hydrogen) atoms. The molecule has 0 spiro atoms. The van der Waals surface area contributed by atoms with Crippen molar-refractivity contribution in [1.82, 2.24) is 4.72 Å². The molecule has 1 N–H and O–H groups in total. The van der Waals surface area contributed by atoms with Crippen LogP contribution in [0.15, 0.2) is 29.2 Å². The van der Waals surface area contributed by atoms with E-state index in [9.17, 15) is 12.8 Å². The normalized spacial score (nSPS) is 15.5. The number of hydrogen-bond donors (Lipinski definition) is 1. The van der Waals surface area contributed by atoms with E-state index < -0.39 is 21.4 Å². The van der Waals surface area contributed by atoms with Gasteiger partial charge < -0.3 is 0 Å². The van der Waals surface area contributed by atoms with E-state index in [1.807, 2.05) is 6.92 Å². The first-order valence-corrected chi connectivity index (χ1v) is 7.79. The zero-order valence-electron chi connectivity index (χ0n) is 9.70. The van der Waals surface area contributed by atoms with Gasteiger partial charge >= 0.3 is 0 Å². The van der Waals surface area contributed by atoms with E-state index in [0.29, 0.717) is 11.8 Å². The number of sulfonamides is 1. The van der Waals surface area contributed by atoms with Gasteiger partial charge in [0, 0.05) is 10.9 Å². The molecule has 1 rings (SSSR count). The molecule has 0 bridgehead atoms. The van der Waals surface area contributed by atoms with Crippen LogP contribution in [0, 0.1) is 5.82 Å². The molecule has 1 atom stereocenters. The molecule has 0 aliphatic carbocycles. The van der Waals surface area contributed by atoms with E-state index in [0.717, 1.165) is 6.07 Å². The Kier molecular flexibility index (Phi) is 4.69. The molecule has 0 aliphatic rings. The van der Waals surface area contributed by atoms with Crippen LogP contribution in [0.3, 0.4) is 0 Å². The van der Waals surface area contributed by atoms with E-state index in [-0.39, 0.29) is 4.90 Å². The lowest BCUT2D eigenvalue weighted by Crippen LogP contribution is -2.46. The van der Waals surface area contributed by atoms with Crippen molar-refractivity contribution < 1.29 is 12.8 Å². The van der Waals surface area contributed by atoms with Gasteiger partial charge in [-0.15, -0.1) is 0 Å². The lowest BCUT2D eigenvalue weighted by atomic mass is 10.0. The monoisotopic (exact) mass is 323 g/mol. The number of nitrogens with one attached hydrogen (secondary N) is 1. The van der Waals surface area contributed by atoms with Crippen molar-refractivity contribution in [1.29, 1.82) is 0 Å². The number of rotatable bonds is 5. The molecule has 0 saturated carbocycles. The molecule has 0 heterocycles. The van der Waals surface area contributed by atoms with Gasteiger partial charge in [0.1, 0.15) is 10.7 Å². The fourth-order valence-corrected chi connectivity index (χ4v) is 3.52. The van der Waals surface area contributed by atoms with Crippen molar-refractivity contribution >= 4 is 26.0 Å². The maximum Gasteiger partial charge on any atom is 0.244 e. The predicted octanol–water partition coefficient (Wildman–Crippen LogP) is 2.67. The van der Waals surface area contributed by atoms with Crippen LogP contribution in [-0.2, 0) is 10.0 Å². The van der Waals surface area contributed by atoms with Crippen LogP contribution in [0.2, 0.25) is 0 Å². The summed E-state index contributed by atoms with van der Waals surface area (Å²) in [6, 6.07) is 5.33. The molecule has 6 heteroatoms. The molecule has 0 aromatic heterocycles. The summed E-state index contributed by atoms with van der Waals surface area (Å²) in [4.78, 5) is -0.319. The second kappa shape index (κ2) is 5.46. The molecule has 1 unspecified atom stereocenters. The first kappa shape index (κ1) is 14.6. The minimum absolute atomic E-state index is 0.319. The third kappa shape index (κ3) is 3.50. The highest BCUT2D eigenvalue weighted by atomic mass is 79.9. The van der Waals surface area contributed by atoms with E-state index in [1.165, 1.54) is 18.2 Å². The van der Waals surface area contributed by atoms with Crippen LogP contribution < -0.4 is 4.72 Å². The van der Waals surface area contributed by atoms with E-state index in [1.54, 1.807) is 6.92 Å². The fourth-order valence-electron chi connectivity index (χ4n) is 1.24. The Labute approximate surface area is 110 Å². The highest BCUT2D eigenvalue weighted by Gasteiger charge is 2.29. The second-order valence-electron chi connectivity index (χ2n) is 4.08. The lowest BCUT2D eigenvalue weighted by Gasteiger charge is -2.26. The number of hydrogen-bond acceptors (Lipinski definition) is 2. The Hall–Kier alpha value is -0.460. The molecule has 1 aromatic carbocycles. The molecule has 0 aliphatic heterocycles. The first-order chi connectivity index (χ1) is 7.84. The Balaban J connectivity index is 3.10. The van der Waals surface area contributed by atoms with Gasteiger partial charge in [-0.25, -0.2) is 17.5 Å². The first-order valence-electron chi connectivity index (χ1n) is 5.19. The maximum atomic E-state index is 13.4. The van der Waals surface area contributed by atoms with Crippen LogP contribution in [0.1, 0.15) is 20.3 Å². The van der Waals surface area contributed by atoms with Crippen LogP contribution in [-0.4, -0.2) is 19.3 Å². The Morgan fingerprint density at radius 3 is 2.47 bits per heavy atom. The Bertz CT molecular complexity index is 486. The molecule has 0 amide bonds. The van der Waals surface area contributed by atoms with Crippen LogP contribution in [0.4, 0.5) is 4.39 Å². The van der Waals surface area contributed by atoms with Crippen molar-refractivity contribution in [3.8, 4) is 0 Å². The summed E-state index contributed by atoms with van der Waals surface area (Å²) in [5.74, 6) is -0.743. The topological polar surface area (TPSA) is 46.2 Å². The fraction of sp³-hybridized carbons (Fsp3) is 0.455. The summed E-state index contributed by atoms with van der Waals surface area (Å²) in [6.45, 7) is 3.63. The zero-order valence-corrected chi connectivity index (χ0v) is 12.1. The summed E-state index contributed by atoms with van der Waals surface area (Å²) >= 11 is 3.26. The molecule has 0 radical (unpaired) electrons.